The van der Waals surface area contributed by atoms with E-state index in [9.17, 15) is 0 Å². The normalized spacial score (nSPS) is 20.9. The Bertz CT molecular complexity index is 199. The van der Waals surface area contributed by atoms with Crippen molar-refractivity contribution in [3.63, 3.8) is 0 Å². The summed E-state index contributed by atoms with van der Waals surface area (Å²) in [7, 11) is 2.13. The molecule has 0 unspecified atom stereocenters. The van der Waals surface area contributed by atoms with Crippen molar-refractivity contribution in [2.45, 2.75) is 5.92 Å². The van der Waals surface area contributed by atoms with Crippen LogP contribution >= 0.6 is 0 Å². The van der Waals surface area contributed by atoms with Crippen LogP contribution in [0.15, 0.2) is 12.3 Å². The molecule has 0 aliphatic carbocycles. The van der Waals surface area contributed by atoms with Gasteiger partial charge in [-0.1, -0.05) is 0 Å². The summed E-state index contributed by atoms with van der Waals surface area (Å²) in [6, 6.07) is 2.05. The van der Waals surface area contributed by atoms with Crippen LogP contribution in [-0.2, 0) is 0 Å². The highest BCUT2D eigenvalue weighted by atomic mass is 15.2. The molecule has 3 heteroatoms. The van der Waals surface area contributed by atoms with Crippen LogP contribution < -0.4 is 0 Å². The van der Waals surface area contributed by atoms with E-state index in [1.807, 2.05) is 6.20 Å². The Morgan fingerprint density at radius 3 is 3.00 bits per heavy atom. The van der Waals surface area contributed by atoms with Crippen molar-refractivity contribution in [2.24, 2.45) is 0 Å². The van der Waals surface area contributed by atoms with Crippen LogP contribution in [0.2, 0.25) is 0 Å². The van der Waals surface area contributed by atoms with Crippen LogP contribution in [-0.4, -0.2) is 35.2 Å². The molecule has 2 rings (SSSR count). The number of hydrogen-bond donors (Lipinski definition) is 1. The average molecular weight is 137 g/mol. The van der Waals surface area contributed by atoms with Gasteiger partial charge in [0.15, 0.2) is 0 Å². The van der Waals surface area contributed by atoms with E-state index in [2.05, 4.69) is 28.2 Å². The molecule has 1 aliphatic heterocycles. The molecule has 1 aromatic heterocycles. The first kappa shape index (κ1) is 5.92. The van der Waals surface area contributed by atoms with E-state index in [-0.39, 0.29) is 0 Å². The lowest BCUT2D eigenvalue weighted by atomic mass is 9.98. The molecular formula is C7H11N3. The van der Waals surface area contributed by atoms with Gasteiger partial charge in [-0.15, -0.1) is 0 Å². The Morgan fingerprint density at radius 1 is 1.70 bits per heavy atom. The zero-order valence-corrected chi connectivity index (χ0v) is 6.04. The number of nitrogens with one attached hydrogen (secondary N) is 1. The van der Waals surface area contributed by atoms with Gasteiger partial charge in [0, 0.05) is 30.9 Å². The summed E-state index contributed by atoms with van der Waals surface area (Å²) in [4.78, 5) is 2.30. The fraction of sp³-hybridized carbons (Fsp3) is 0.571. The van der Waals surface area contributed by atoms with Gasteiger partial charge in [0.2, 0.25) is 0 Å². The lowest BCUT2D eigenvalue weighted by Crippen LogP contribution is -2.41. The first-order valence-corrected chi connectivity index (χ1v) is 3.54. The first-order valence-electron chi connectivity index (χ1n) is 3.54. The minimum atomic E-state index is 0.701. The second-order valence-corrected chi connectivity index (χ2v) is 2.93. The van der Waals surface area contributed by atoms with Crippen LogP contribution in [0, 0.1) is 0 Å². The van der Waals surface area contributed by atoms with Gasteiger partial charge >= 0.3 is 0 Å². The van der Waals surface area contributed by atoms with Crippen molar-refractivity contribution in [2.75, 3.05) is 20.1 Å². The second-order valence-electron chi connectivity index (χ2n) is 2.93. The van der Waals surface area contributed by atoms with Crippen molar-refractivity contribution in [1.82, 2.24) is 15.1 Å². The Hall–Kier alpha value is -0.830. The number of likely N-dealkylation sites (N-methyl/N-ethyl adjacent to an activating group) is 1. The summed E-state index contributed by atoms with van der Waals surface area (Å²) in [5.41, 5.74) is 1.28. The SMILES string of the molecule is CN1CC(c2ccn[nH]2)C1. The Labute approximate surface area is 60.0 Å². The minimum absolute atomic E-state index is 0.701. The Balaban J connectivity index is 2.04. The van der Waals surface area contributed by atoms with Gasteiger partial charge in [-0.25, -0.2) is 0 Å². The third-order valence-electron chi connectivity index (χ3n) is 2.03. The maximum Gasteiger partial charge on any atom is 0.0490 e. The van der Waals surface area contributed by atoms with Crippen LogP contribution in [0.5, 0.6) is 0 Å². The van der Waals surface area contributed by atoms with Crippen LogP contribution in [0.25, 0.3) is 0 Å². The second kappa shape index (κ2) is 2.09. The predicted octanol–water partition coefficient (Wildman–Crippen LogP) is 0.439. The fourth-order valence-corrected chi connectivity index (χ4v) is 1.39. The van der Waals surface area contributed by atoms with Gasteiger partial charge in [-0.05, 0) is 13.1 Å². The molecule has 1 N–H and O–H groups in total. The zero-order chi connectivity index (χ0) is 6.97. The molecule has 1 aromatic rings. The molecule has 10 heavy (non-hydrogen) atoms. The lowest BCUT2D eigenvalue weighted by molar-refractivity contribution is 0.186. The fourth-order valence-electron chi connectivity index (χ4n) is 1.39. The van der Waals surface area contributed by atoms with Gasteiger partial charge in [-0.3, -0.25) is 5.10 Å². The molecule has 1 aliphatic rings. The van der Waals surface area contributed by atoms with Crippen molar-refractivity contribution >= 4 is 0 Å². The number of aromatic amines is 1. The quantitative estimate of drug-likeness (QED) is 0.609. The third-order valence-corrected chi connectivity index (χ3v) is 2.03. The maximum absolute atomic E-state index is 3.91. The predicted molar refractivity (Wildman–Crippen MR) is 38.8 cm³/mol. The lowest BCUT2D eigenvalue weighted by Gasteiger charge is -2.35. The Morgan fingerprint density at radius 2 is 2.50 bits per heavy atom. The van der Waals surface area contributed by atoms with E-state index < -0.39 is 0 Å². The van der Waals surface area contributed by atoms with Crippen LogP contribution in [0.4, 0.5) is 0 Å². The van der Waals surface area contributed by atoms with Crippen molar-refractivity contribution in [3.05, 3.63) is 18.0 Å². The highest BCUT2D eigenvalue weighted by molar-refractivity contribution is 5.10. The van der Waals surface area contributed by atoms with Gasteiger partial charge < -0.3 is 4.90 Å². The van der Waals surface area contributed by atoms with Gasteiger partial charge in [0.05, 0.1) is 0 Å². The molecule has 0 radical (unpaired) electrons. The summed E-state index contributed by atoms with van der Waals surface area (Å²) in [5, 5.41) is 6.89. The summed E-state index contributed by atoms with van der Waals surface area (Å²) in [6.45, 7) is 2.34. The third kappa shape index (κ3) is 0.827. The smallest absolute Gasteiger partial charge is 0.0490 e. The summed E-state index contributed by atoms with van der Waals surface area (Å²) in [6.07, 6.45) is 1.81. The standard InChI is InChI=1S/C7H11N3/c1-10-4-6(5-10)7-2-3-8-9-7/h2-3,6H,4-5H2,1H3,(H,8,9). The van der Waals surface area contributed by atoms with Crippen molar-refractivity contribution in [1.29, 1.82) is 0 Å². The zero-order valence-electron chi connectivity index (χ0n) is 6.04. The van der Waals surface area contributed by atoms with Crippen molar-refractivity contribution < 1.29 is 0 Å². The highest BCUT2D eigenvalue weighted by Gasteiger charge is 2.25. The minimum Gasteiger partial charge on any atom is -0.305 e. The van der Waals surface area contributed by atoms with Crippen LogP contribution in [0.1, 0.15) is 11.6 Å². The molecule has 0 spiro atoms. The number of rotatable bonds is 1. The number of nitrogens with zero attached hydrogens (tertiary/aromatic N) is 2. The van der Waals surface area contributed by atoms with Gasteiger partial charge in [0.25, 0.3) is 0 Å². The Kier molecular flexibility index (Phi) is 1.24. The van der Waals surface area contributed by atoms with Gasteiger partial charge in [-0.2, -0.15) is 5.10 Å². The molecule has 1 fully saturated rings. The number of aromatic nitrogens is 2. The molecule has 54 valence electrons. The molecular weight excluding hydrogens is 126 g/mol. The van der Waals surface area contributed by atoms with Crippen molar-refractivity contribution in [3.8, 4) is 0 Å². The molecule has 2 heterocycles. The van der Waals surface area contributed by atoms with E-state index in [0.29, 0.717) is 5.92 Å². The number of likely N-dealkylation sites (tertiary alicyclic amines) is 1. The average Bonchev–Trinajstić information content (AvgIpc) is 2.31. The molecule has 3 nitrogen and oxygen atoms in total. The summed E-state index contributed by atoms with van der Waals surface area (Å²) < 4.78 is 0. The topological polar surface area (TPSA) is 31.9 Å². The summed E-state index contributed by atoms with van der Waals surface area (Å²) in [5.74, 6) is 0.701. The largest absolute Gasteiger partial charge is 0.305 e. The molecule has 0 saturated carbocycles. The molecule has 0 atom stereocenters. The van der Waals surface area contributed by atoms with E-state index in [1.165, 1.54) is 18.8 Å². The number of hydrogen-bond acceptors (Lipinski definition) is 2. The van der Waals surface area contributed by atoms with E-state index in [1.54, 1.807) is 0 Å². The van der Waals surface area contributed by atoms with E-state index >= 15 is 0 Å². The first-order chi connectivity index (χ1) is 4.86. The maximum atomic E-state index is 3.91. The molecule has 1 saturated heterocycles. The van der Waals surface area contributed by atoms with Crippen LogP contribution in [0.3, 0.4) is 0 Å². The summed E-state index contributed by atoms with van der Waals surface area (Å²) >= 11 is 0. The number of H-pyrrole nitrogens is 1. The monoisotopic (exact) mass is 137 g/mol. The van der Waals surface area contributed by atoms with Gasteiger partial charge in [0.1, 0.15) is 0 Å². The highest BCUT2D eigenvalue weighted by Crippen LogP contribution is 2.22. The molecule has 0 bridgehead atoms. The molecule has 0 amide bonds. The van der Waals surface area contributed by atoms with E-state index in [0.717, 1.165) is 0 Å². The molecule has 0 aromatic carbocycles. The van der Waals surface area contributed by atoms with E-state index in [4.69, 9.17) is 0 Å².